The SMILES string of the molecule is CC(C)(C)OC(=O)N[C@H](CC(=O)NO)c1ccc(Cl)cc1. The Morgan fingerprint density at radius 1 is 1.29 bits per heavy atom. The summed E-state index contributed by atoms with van der Waals surface area (Å²) in [4.78, 5) is 23.2. The number of hydrogen-bond donors (Lipinski definition) is 3. The zero-order valence-electron chi connectivity index (χ0n) is 12.1. The lowest BCUT2D eigenvalue weighted by Gasteiger charge is -2.23. The van der Waals surface area contributed by atoms with E-state index in [0.29, 0.717) is 10.6 Å². The van der Waals surface area contributed by atoms with E-state index in [-0.39, 0.29) is 6.42 Å². The lowest BCUT2D eigenvalue weighted by molar-refractivity contribution is -0.129. The maximum absolute atomic E-state index is 11.8. The molecule has 3 N–H and O–H groups in total. The van der Waals surface area contributed by atoms with Crippen LogP contribution in [0.15, 0.2) is 24.3 Å². The summed E-state index contributed by atoms with van der Waals surface area (Å²) in [5, 5.41) is 11.8. The van der Waals surface area contributed by atoms with Crippen LogP contribution in [0.3, 0.4) is 0 Å². The highest BCUT2D eigenvalue weighted by Crippen LogP contribution is 2.20. The summed E-state index contributed by atoms with van der Waals surface area (Å²) in [5.74, 6) is -0.619. The molecule has 0 aliphatic rings. The van der Waals surface area contributed by atoms with E-state index in [4.69, 9.17) is 21.5 Å². The van der Waals surface area contributed by atoms with Crippen LogP contribution in [0.4, 0.5) is 4.79 Å². The van der Waals surface area contributed by atoms with Gasteiger partial charge >= 0.3 is 6.09 Å². The summed E-state index contributed by atoms with van der Waals surface area (Å²) in [7, 11) is 0. The number of carbonyl (C=O) groups excluding carboxylic acids is 2. The molecule has 116 valence electrons. The van der Waals surface area contributed by atoms with Gasteiger partial charge in [-0.1, -0.05) is 23.7 Å². The number of carbonyl (C=O) groups is 2. The molecule has 0 radical (unpaired) electrons. The first-order valence-corrected chi connectivity index (χ1v) is 6.77. The second kappa shape index (κ2) is 7.28. The fourth-order valence-electron chi connectivity index (χ4n) is 1.63. The van der Waals surface area contributed by atoms with Crippen LogP contribution >= 0.6 is 11.6 Å². The number of benzene rings is 1. The Hall–Kier alpha value is -1.79. The number of halogens is 1. The molecule has 21 heavy (non-hydrogen) atoms. The lowest BCUT2D eigenvalue weighted by atomic mass is 10.0. The number of amides is 2. The molecule has 6 nitrogen and oxygen atoms in total. The molecule has 0 aromatic heterocycles. The van der Waals surface area contributed by atoms with Crippen molar-refractivity contribution in [2.75, 3.05) is 0 Å². The van der Waals surface area contributed by atoms with Crippen molar-refractivity contribution in [3.05, 3.63) is 34.9 Å². The van der Waals surface area contributed by atoms with Gasteiger partial charge < -0.3 is 10.1 Å². The molecule has 0 fully saturated rings. The van der Waals surface area contributed by atoms with Crippen molar-refractivity contribution in [1.29, 1.82) is 0 Å². The molecule has 2 amide bonds. The average molecular weight is 315 g/mol. The van der Waals surface area contributed by atoms with Crippen LogP contribution in [-0.4, -0.2) is 22.8 Å². The van der Waals surface area contributed by atoms with Crippen molar-refractivity contribution in [2.45, 2.75) is 38.8 Å². The van der Waals surface area contributed by atoms with Crippen molar-refractivity contribution in [3.8, 4) is 0 Å². The largest absolute Gasteiger partial charge is 0.444 e. The molecule has 1 rings (SSSR count). The lowest BCUT2D eigenvalue weighted by Crippen LogP contribution is -2.37. The second-order valence-corrected chi connectivity index (χ2v) is 5.93. The van der Waals surface area contributed by atoms with Crippen LogP contribution in [0.5, 0.6) is 0 Å². The van der Waals surface area contributed by atoms with Gasteiger partial charge in [-0.3, -0.25) is 10.0 Å². The maximum Gasteiger partial charge on any atom is 0.408 e. The van der Waals surface area contributed by atoms with Crippen molar-refractivity contribution < 1.29 is 19.5 Å². The Morgan fingerprint density at radius 3 is 2.33 bits per heavy atom. The summed E-state index contributed by atoms with van der Waals surface area (Å²) >= 11 is 5.81. The zero-order valence-corrected chi connectivity index (χ0v) is 12.9. The average Bonchev–Trinajstić information content (AvgIpc) is 2.36. The predicted molar refractivity (Wildman–Crippen MR) is 78.1 cm³/mol. The fraction of sp³-hybridized carbons (Fsp3) is 0.429. The summed E-state index contributed by atoms with van der Waals surface area (Å²) in [5.41, 5.74) is 1.57. The van der Waals surface area contributed by atoms with E-state index in [0.717, 1.165) is 0 Å². The number of nitrogens with one attached hydrogen (secondary N) is 2. The molecular formula is C14H19ClN2O4. The first-order chi connectivity index (χ1) is 9.71. The van der Waals surface area contributed by atoms with Crippen LogP contribution in [0, 0.1) is 0 Å². The molecule has 0 saturated carbocycles. The summed E-state index contributed by atoms with van der Waals surface area (Å²) in [6.07, 6.45) is -0.773. The Kier molecular flexibility index (Phi) is 5.99. The van der Waals surface area contributed by atoms with Gasteiger partial charge in [0, 0.05) is 5.02 Å². The van der Waals surface area contributed by atoms with Crippen LogP contribution < -0.4 is 10.8 Å². The first kappa shape index (κ1) is 17.3. The topological polar surface area (TPSA) is 87.7 Å². The summed E-state index contributed by atoms with van der Waals surface area (Å²) < 4.78 is 5.16. The third kappa shape index (κ3) is 6.46. The number of hydrogen-bond acceptors (Lipinski definition) is 4. The highest BCUT2D eigenvalue weighted by atomic mass is 35.5. The van der Waals surface area contributed by atoms with Crippen molar-refractivity contribution in [3.63, 3.8) is 0 Å². The van der Waals surface area contributed by atoms with Gasteiger partial charge in [-0.15, -0.1) is 0 Å². The molecule has 0 bridgehead atoms. The molecular weight excluding hydrogens is 296 g/mol. The van der Waals surface area contributed by atoms with E-state index < -0.39 is 23.6 Å². The van der Waals surface area contributed by atoms with Crippen LogP contribution in [-0.2, 0) is 9.53 Å². The molecule has 1 aromatic rings. The summed E-state index contributed by atoms with van der Waals surface area (Å²) in [6, 6.07) is 6.04. The molecule has 0 spiro atoms. The standard InChI is InChI=1S/C14H19ClN2O4/c1-14(2,3)21-13(19)16-11(8-12(18)17-20)9-4-6-10(15)7-5-9/h4-7,11,20H,8H2,1-3H3,(H,16,19)(H,17,18)/t11-/m1/s1. The minimum Gasteiger partial charge on any atom is -0.444 e. The predicted octanol–water partition coefficient (Wildman–Crippen LogP) is 2.80. The molecule has 0 aliphatic heterocycles. The van der Waals surface area contributed by atoms with Crippen LogP contribution in [0.1, 0.15) is 38.8 Å². The molecule has 1 atom stereocenters. The van der Waals surface area contributed by atoms with Gasteiger partial charge in [0.05, 0.1) is 12.5 Å². The van der Waals surface area contributed by atoms with Gasteiger partial charge in [0.25, 0.3) is 0 Å². The molecule has 0 unspecified atom stereocenters. The van der Waals surface area contributed by atoms with Crippen molar-refractivity contribution >= 4 is 23.6 Å². The van der Waals surface area contributed by atoms with Gasteiger partial charge in [-0.2, -0.15) is 0 Å². The number of ether oxygens (including phenoxy) is 1. The monoisotopic (exact) mass is 314 g/mol. The quantitative estimate of drug-likeness (QED) is 0.589. The van der Waals surface area contributed by atoms with Gasteiger partial charge in [0.2, 0.25) is 5.91 Å². The smallest absolute Gasteiger partial charge is 0.408 e. The zero-order chi connectivity index (χ0) is 16.0. The fourth-order valence-corrected chi connectivity index (χ4v) is 1.75. The molecule has 0 saturated heterocycles. The normalized spacial score (nSPS) is 12.4. The Labute approximate surface area is 128 Å². The highest BCUT2D eigenvalue weighted by molar-refractivity contribution is 6.30. The Morgan fingerprint density at radius 2 is 1.86 bits per heavy atom. The number of alkyl carbamates (subject to hydrolysis) is 1. The van der Waals surface area contributed by atoms with Gasteiger partial charge in [0.15, 0.2) is 0 Å². The van der Waals surface area contributed by atoms with Gasteiger partial charge in [-0.25, -0.2) is 10.3 Å². The number of hydroxylamine groups is 1. The van der Waals surface area contributed by atoms with Gasteiger partial charge in [0.1, 0.15) is 5.60 Å². The maximum atomic E-state index is 11.8. The Balaban J connectivity index is 2.84. The van der Waals surface area contributed by atoms with E-state index in [1.165, 1.54) is 0 Å². The van der Waals surface area contributed by atoms with E-state index in [1.54, 1.807) is 50.5 Å². The van der Waals surface area contributed by atoms with Gasteiger partial charge in [-0.05, 0) is 38.5 Å². The highest BCUT2D eigenvalue weighted by Gasteiger charge is 2.22. The van der Waals surface area contributed by atoms with E-state index in [2.05, 4.69) is 5.32 Å². The number of rotatable bonds is 4. The van der Waals surface area contributed by atoms with Crippen molar-refractivity contribution in [1.82, 2.24) is 10.8 Å². The summed E-state index contributed by atoms with van der Waals surface area (Å²) in [6.45, 7) is 5.22. The third-order valence-electron chi connectivity index (χ3n) is 2.48. The van der Waals surface area contributed by atoms with E-state index in [9.17, 15) is 9.59 Å². The first-order valence-electron chi connectivity index (χ1n) is 6.39. The van der Waals surface area contributed by atoms with E-state index >= 15 is 0 Å². The Bertz CT molecular complexity index is 497. The third-order valence-corrected chi connectivity index (χ3v) is 2.73. The molecule has 0 heterocycles. The minimum absolute atomic E-state index is 0.128. The molecule has 0 aliphatic carbocycles. The van der Waals surface area contributed by atoms with Crippen molar-refractivity contribution in [2.24, 2.45) is 0 Å². The minimum atomic E-state index is -0.645. The van der Waals surface area contributed by atoms with Crippen LogP contribution in [0.2, 0.25) is 5.02 Å². The second-order valence-electron chi connectivity index (χ2n) is 5.49. The molecule has 7 heteroatoms. The van der Waals surface area contributed by atoms with E-state index in [1.807, 2.05) is 0 Å². The molecule has 1 aromatic carbocycles. The van der Waals surface area contributed by atoms with Crippen LogP contribution in [0.25, 0.3) is 0 Å².